The van der Waals surface area contributed by atoms with Crippen LogP contribution in [-0.2, 0) is 0 Å². The first-order valence-corrected chi connectivity index (χ1v) is 7.23. The summed E-state index contributed by atoms with van der Waals surface area (Å²) in [6.45, 7) is 0.902. The van der Waals surface area contributed by atoms with Gasteiger partial charge in [0.2, 0.25) is 0 Å². The van der Waals surface area contributed by atoms with Gasteiger partial charge < -0.3 is 15.2 Å². The molecule has 2 rings (SSSR count). The van der Waals surface area contributed by atoms with E-state index in [1.807, 2.05) is 18.2 Å². The average molecular weight is 365 g/mol. The zero-order valence-electron chi connectivity index (χ0n) is 9.33. The number of ether oxygens (including phenoxy) is 1. The molecule has 1 fully saturated rings. The van der Waals surface area contributed by atoms with Crippen LogP contribution in [0.25, 0.3) is 0 Å². The zero-order chi connectivity index (χ0) is 12.3. The van der Waals surface area contributed by atoms with Gasteiger partial charge >= 0.3 is 0 Å². The fraction of sp³-hybridized carbons (Fsp3) is 0.500. The number of aliphatic hydroxyl groups is 1. The monoisotopic (exact) mass is 363 g/mol. The third kappa shape index (κ3) is 4.58. The zero-order valence-corrected chi connectivity index (χ0v) is 12.5. The van der Waals surface area contributed by atoms with Crippen molar-refractivity contribution in [3.8, 4) is 5.75 Å². The van der Waals surface area contributed by atoms with E-state index in [0.29, 0.717) is 19.2 Å². The summed E-state index contributed by atoms with van der Waals surface area (Å²) in [4.78, 5) is 0. The first kappa shape index (κ1) is 13.3. The van der Waals surface area contributed by atoms with Crippen molar-refractivity contribution in [3.05, 3.63) is 27.1 Å². The Hall–Kier alpha value is -0.100. The summed E-state index contributed by atoms with van der Waals surface area (Å²) in [5.74, 6) is 0.749. The number of aliphatic hydroxyl groups excluding tert-OH is 1. The van der Waals surface area contributed by atoms with Gasteiger partial charge in [-0.05, 0) is 47.0 Å². The minimum Gasteiger partial charge on any atom is -0.490 e. The first-order valence-electron chi connectivity index (χ1n) is 5.64. The van der Waals surface area contributed by atoms with Crippen LogP contribution in [0.4, 0.5) is 0 Å². The molecule has 1 unspecified atom stereocenters. The summed E-state index contributed by atoms with van der Waals surface area (Å²) >= 11 is 6.80. The third-order valence-corrected chi connectivity index (χ3v) is 3.66. The van der Waals surface area contributed by atoms with Crippen LogP contribution in [0.3, 0.4) is 0 Å². The standard InChI is InChI=1S/C12H15Br2NO2/c13-8-1-4-12(11(14)5-8)17-7-10(16)6-15-9-2-3-9/h1,4-5,9-10,15-16H,2-3,6-7H2. The van der Waals surface area contributed by atoms with Gasteiger partial charge in [0.15, 0.2) is 0 Å². The van der Waals surface area contributed by atoms with E-state index in [-0.39, 0.29) is 0 Å². The molecule has 3 nitrogen and oxygen atoms in total. The lowest BCUT2D eigenvalue weighted by Crippen LogP contribution is -2.32. The second-order valence-corrected chi connectivity index (χ2v) is 5.99. The lowest BCUT2D eigenvalue weighted by molar-refractivity contribution is 0.106. The summed E-state index contributed by atoms with van der Waals surface area (Å²) in [6.07, 6.45) is 1.99. The van der Waals surface area contributed by atoms with Gasteiger partial charge in [0.1, 0.15) is 18.5 Å². The highest BCUT2D eigenvalue weighted by molar-refractivity contribution is 9.11. The predicted octanol–water partition coefficient (Wildman–Crippen LogP) is 2.70. The number of hydrogen-bond donors (Lipinski definition) is 2. The van der Waals surface area contributed by atoms with Crippen molar-refractivity contribution in [2.24, 2.45) is 0 Å². The quantitative estimate of drug-likeness (QED) is 0.815. The topological polar surface area (TPSA) is 41.5 Å². The number of rotatable bonds is 6. The fourth-order valence-corrected chi connectivity index (χ4v) is 2.59. The molecule has 0 bridgehead atoms. The summed E-state index contributed by atoms with van der Waals surface area (Å²) in [6, 6.07) is 6.32. The van der Waals surface area contributed by atoms with Crippen LogP contribution < -0.4 is 10.1 Å². The summed E-state index contributed by atoms with van der Waals surface area (Å²) in [5.41, 5.74) is 0. The molecule has 0 saturated heterocycles. The average Bonchev–Trinajstić information content (AvgIpc) is 3.09. The lowest BCUT2D eigenvalue weighted by Gasteiger charge is -2.14. The molecule has 1 atom stereocenters. The summed E-state index contributed by atoms with van der Waals surface area (Å²) in [5, 5.41) is 13.0. The van der Waals surface area contributed by atoms with Gasteiger partial charge in [0.25, 0.3) is 0 Å². The Morgan fingerprint density at radius 2 is 2.18 bits per heavy atom. The lowest BCUT2D eigenvalue weighted by atomic mass is 10.3. The van der Waals surface area contributed by atoms with Gasteiger partial charge in [-0.3, -0.25) is 0 Å². The Labute approximate surface area is 118 Å². The Balaban J connectivity index is 1.75. The second kappa shape index (κ2) is 6.18. The van der Waals surface area contributed by atoms with Crippen LogP contribution in [0.15, 0.2) is 27.1 Å². The minimum absolute atomic E-state index is 0.306. The number of nitrogens with one attached hydrogen (secondary N) is 1. The molecule has 94 valence electrons. The number of halogens is 2. The molecule has 1 aromatic carbocycles. The minimum atomic E-state index is -0.467. The highest BCUT2D eigenvalue weighted by Gasteiger charge is 2.21. The van der Waals surface area contributed by atoms with Crippen molar-refractivity contribution in [1.29, 1.82) is 0 Å². The molecular weight excluding hydrogens is 350 g/mol. The van der Waals surface area contributed by atoms with Crippen molar-refractivity contribution >= 4 is 31.9 Å². The van der Waals surface area contributed by atoms with Gasteiger partial charge in [0, 0.05) is 17.1 Å². The van der Waals surface area contributed by atoms with Crippen LogP contribution in [0.5, 0.6) is 5.75 Å². The van der Waals surface area contributed by atoms with Gasteiger partial charge in [-0.25, -0.2) is 0 Å². The molecule has 5 heteroatoms. The van der Waals surface area contributed by atoms with Gasteiger partial charge in [-0.2, -0.15) is 0 Å². The van der Waals surface area contributed by atoms with Crippen LogP contribution in [-0.4, -0.2) is 30.4 Å². The molecule has 17 heavy (non-hydrogen) atoms. The van der Waals surface area contributed by atoms with Crippen molar-refractivity contribution in [2.75, 3.05) is 13.2 Å². The molecule has 2 N–H and O–H groups in total. The Bertz CT molecular complexity index is 383. The van der Waals surface area contributed by atoms with Gasteiger partial charge in [-0.1, -0.05) is 15.9 Å². The first-order chi connectivity index (χ1) is 8.15. The number of benzene rings is 1. The second-order valence-electron chi connectivity index (χ2n) is 4.22. The molecule has 1 aliphatic carbocycles. The van der Waals surface area contributed by atoms with E-state index < -0.39 is 6.10 Å². The van der Waals surface area contributed by atoms with Crippen molar-refractivity contribution in [3.63, 3.8) is 0 Å². The summed E-state index contributed by atoms with van der Waals surface area (Å²) in [7, 11) is 0. The van der Waals surface area contributed by atoms with E-state index in [0.717, 1.165) is 14.7 Å². The molecule has 1 aromatic rings. The molecule has 0 amide bonds. The maximum absolute atomic E-state index is 9.72. The van der Waals surface area contributed by atoms with E-state index in [1.54, 1.807) is 0 Å². The van der Waals surface area contributed by atoms with Crippen LogP contribution in [0.2, 0.25) is 0 Å². The van der Waals surface area contributed by atoms with Crippen LogP contribution in [0, 0.1) is 0 Å². The molecule has 0 radical (unpaired) electrons. The summed E-state index contributed by atoms with van der Waals surface area (Å²) < 4.78 is 7.43. The van der Waals surface area contributed by atoms with Crippen molar-refractivity contribution < 1.29 is 9.84 Å². The normalized spacial score (nSPS) is 16.9. The maximum Gasteiger partial charge on any atom is 0.133 e. The van der Waals surface area contributed by atoms with Crippen LogP contribution >= 0.6 is 31.9 Å². The van der Waals surface area contributed by atoms with Crippen LogP contribution in [0.1, 0.15) is 12.8 Å². The smallest absolute Gasteiger partial charge is 0.133 e. The highest BCUT2D eigenvalue weighted by Crippen LogP contribution is 2.28. The maximum atomic E-state index is 9.72. The van der Waals surface area contributed by atoms with Crippen molar-refractivity contribution in [2.45, 2.75) is 25.0 Å². The Kier molecular flexibility index (Phi) is 4.85. The molecule has 0 spiro atoms. The van der Waals surface area contributed by atoms with E-state index in [9.17, 15) is 5.11 Å². The molecule has 1 aliphatic rings. The fourth-order valence-electron chi connectivity index (χ4n) is 1.43. The van der Waals surface area contributed by atoms with E-state index in [4.69, 9.17) is 4.74 Å². The number of hydrogen-bond acceptors (Lipinski definition) is 3. The van der Waals surface area contributed by atoms with Gasteiger partial charge in [-0.15, -0.1) is 0 Å². The molecule has 0 aromatic heterocycles. The predicted molar refractivity (Wildman–Crippen MR) is 74.4 cm³/mol. The third-order valence-electron chi connectivity index (χ3n) is 2.54. The molecule has 0 heterocycles. The van der Waals surface area contributed by atoms with E-state index in [1.165, 1.54) is 12.8 Å². The van der Waals surface area contributed by atoms with Gasteiger partial charge in [0.05, 0.1) is 4.47 Å². The molecular formula is C12H15Br2NO2. The SMILES string of the molecule is OC(CNC1CC1)COc1ccc(Br)cc1Br. The van der Waals surface area contributed by atoms with Crippen molar-refractivity contribution in [1.82, 2.24) is 5.32 Å². The molecule has 0 aliphatic heterocycles. The highest BCUT2D eigenvalue weighted by atomic mass is 79.9. The van der Waals surface area contributed by atoms with E-state index in [2.05, 4.69) is 37.2 Å². The van der Waals surface area contributed by atoms with E-state index >= 15 is 0 Å². The Morgan fingerprint density at radius 3 is 2.82 bits per heavy atom. The Morgan fingerprint density at radius 1 is 1.41 bits per heavy atom. The largest absolute Gasteiger partial charge is 0.490 e. The molecule has 1 saturated carbocycles.